The molecule has 1 N–H and O–H groups in total. The summed E-state index contributed by atoms with van der Waals surface area (Å²) < 4.78 is 0. The van der Waals surface area contributed by atoms with Crippen LogP contribution in [0.2, 0.25) is 0 Å². The molecule has 0 saturated carbocycles. The Kier molecular flexibility index (Phi) is 4.35. The van der Waals surface area contributed by atoms with Gasteiger partial charge in [-0.1, -0.05) is 24.3 Å². The number of amides is 2. The minimum absolute atomic E-state index is 0.119. The van der Waals surface area contributed by atoms with E-state index in [0.717, 1.165) is 11.1 Å². The molecule has 0 aliphatic carbocycles. The summed E-state index contributed by atoms with van der Waals surface area (Å²) in [5, 5.41) is 9.01. The minimum Gasteiger partial charge on any atom is -0.481 e. The predicted octanol–water partition coefficient (Wildman–Crippen LogP) is 2.34. The lowest BCUT2D eigenvalue weighted by Crippen LogP contribution is -2.48. The number of likely N-dealkylation sites (tertiary alicyclic amines) is 1. The molecule has 5 heteroatoms. The van der Waals surface area contributed by atoms with E-state index in [1.54, 1.807) is 19.1 Å². The van der Waals surface area contributed by atoms with Gasteiger partial charge in [0.05, 0.1) is 5.92 Å². The van der Waals surface area contributed by atoms with Crippen molar-refractivity contribution in [3.8, 4) is 0 Å². The predicted molar refractivity (Wildman–Crippen MR) is 81.4 cm³/mol. The molecule has 1 aliphatic heterocycles. The molecular weight excluding hydrogens is 282 g/mol. The van der Waals surface area contributed by atoms with Crippen molar-refractivity contribution in [2.24, 2.45) is 0 Å². The van der Waals surface area contributed by atoms with Crippen LogP contribution < -0.4 is 0 Å². The molecule has 1 heterocycles. The summed E-state index contributed by atoms with van der Waals surface area (Å²) in [7, 11) is 0. The third kappa shape index (κ3) is 3.18. The van der Waals surface area contributed by atoms with Crippen molar-refractivity contribution in [3.63, 3.8) is 0 Å². The van der Waals surface area contributed by atoms with Crippen molar-refractivity contribution in [1.82, 2.24) is 4.90 Å². The Hall–Kier alpha value is -2.17. The fraction of sp³-hybridized carbons (Fsp3) is 0.471. The standard InChI is InChI=1S/C17H21NO4/c1-11(16(21)22)13-6-4-12(5-7-13)10-17(2,3)18-14(19)8-9-15(18)20/h4-7,11H,8-10H2,1-3H3,(H,21,22). The fourth-order valence-electron chi connectivity index (χ4n) is 2.90. The van der Waals surface area contributed by atoms with Gasteiger partial charge in [0.25, 0.3) is 0 Å². The van der Waals surface area contributed by atoms with Crippen LogP contribution in [-0.2, 0) is 20.8 Å². The number of carbonyl (C=O) groups is 3. The van der Waals surface area contributed by atoms with Crippen LogP contribution in [-0.4, -0.2) is 33.3 Å². The maximum Gasteiger partial charge on any atom is 0.310 e. The van der Waals surface area contributed by atoms with E-state index in [1.807, 2.05) is 26.0 Å². The lowest BCUT2D eigenvalue weighted by atomic mass is 9.91. The molecule has 118 valence electrons. The van der Waals surface area contributed by atoms with Crippen molar-refractivity contribution >= 4 is 17.8 Å². The van der Waals surface area contributed by atoms with E-state index in [9.17, 15) is 14.4 Å². The molecule has 0 radical (unpaired) electrons. The summed E-state index contributed by atoms with van der Waals surface area (Å²) in [6, 6.07) is 7.30. The number of hydrogen-bond donors (Lipinski definition) is 1. The van der Waals surface area contributed by atoms with Crippen LogP contribution in [0.4, 0.5) is 0 Å². The van der Waals surface area contributed by atoms with Crippen LogP contribution in [0.1, 0.15) is 50.7 Å². The number of rotatable bonds is 5. The van der Waals surface area contributed by atoms with Gasteiger partial charge in [0.15, 0.2) is 0 Å². The molecule has 2 amide bonds. The van der Waals surface area contributed by atoms with Crippen LogP contribution in [0.3, 0.4) is 0 Å². The second-order valence-electron chi connectivity index (χ2n) is 6.41. The number of carboxylic acid groups (broad SMARTS) is 1. The quantitative estimate of drug-likeness (QED) is 0.847. The van der Waals surface area contributed by atoms with Gasteiger partial charge in [-0.3, -0.25) is 19.3 Å². The molecule has 1 fully saturated rings. The lowest BCUT2D eigenvalue weighted by Gasteiger charge is -2.34. The average Bonchev–Trinajstić information content (AvgIpc) is 2.78. The molecule has 0 spiro atoms. The highest BCUT2D eigenvalue weighted by atomic mass is 16.4. The number of aliphatic carboxylic acids is 1. The van der Waals surface area contributed by atoms with E-state index < -0.39 is 17.4 Å². The molecule has 1 saturated heterocycles. The van der Waals surface area contributed by atoms with Crippen molar-refractivity contribution in [2.45, 2.75) is 51.5 Å². The average molecular weight is 303 g/mol. The summed E-state index contributed by atoms with van der Waals surface area (Å²) in [5.74, 6) is -1.65. The molecule has 0 aromatic heterocycles. The molecule has 1 aliphatic rings. The van der Waals surface area contributed by atoms with Crippen LogP contribution in [0, 0.1) is 0 Å². The molecule has 1 aromatic carbocycles. The number of nitrogens with zero attached hydrogens (tertiary/aromatic N) is 1. The molecule has 0 bridgehead atoms. The van der Waals surface area contributed by atoms with Crippen molar-refractivity contribution in [3.05, 3.63) is 35.4 Å². The van der Waals surface area contributed by atoms with Gasteiger partial charge < -0.3 is 5.11 Å². The van der Waals surface area contributed by atoms with Crippen molar-refractivity contribution in [1.29, 1.82) is 0 Å². The van der Waals surface area contributed by atoms with Crippen LogP contribution in [0.5, 0.6) is 0 Å². The highest BCUT2D eigenvalue weighted by Crippen LogP contribution is 2.27. The number of carboxylic acids is 1. The van der Waals surface area contributed by atoms with E-state index in [1.165, 1.54) is 4.90 Å². The van der Waals surface area contributed by atoms with Crippen LogP contribution >= 0.6 is 0 Å². The smallest absolute Gasteiger partial charge is 0.310 e. The molecule has 22 heavy (non-hydrogen) atoms. The Morgan fingerprint density at radius 2 is 1.68 bits per heavy atom. The highest BCUT2D eigenvalue weighted by Gasteiger charge is 2.39. The van der Waals surface area contributed by atoms with Gasteiger partial charge in [0, 0.05) is 18.4 Å². The molecule has 1 atom stereocenters. The molecule has 1 aromatic rings. The summed E-state index contributed by atoms with van der Waals surface area (Å²) in [5.41, 5.74) is 1.13. The number of carbonyl (C=O) groups excluding carboxylic acids is 2. The molecular formula is C17H21NO4. The van der Waals surface area contributed by atoms with E-state index in [-0.39, 0.29) is 24.7 Å². The Labute approximate surface area is 129 Å². The topological polar surface area (TPSA) is 74.7 Å². The summed E-state index contributed by atoms with van der Waals surface area (Å²) in [6.07, 6.45) is 1.13. The van der Waals surface area contributed by atoms with Crippen LogP contribution in [0.25, 0.3) is 0 Å². The monoisotopic (exact) mass is 303 g/mol. The molecule has 5 nitrogen and oxygen atoms in total. The normalized spacial score (nSPS) is 17.0. The molecule has 2 rings (SSSR count). The van der Waals surface area contributed by atoms with Crippen LogP contribution in [0.15, 0.2) is 24.3 Å². The number of imide groups is 1. The second-order valence-corrected chi connectivity index (χ2v) is 6.41. The number of hydrogen-bond acceptors (Lipinski definition) is 3. The first-order valence-corrected chi connectivity index (χ1v) is 7.40. The Balaban J connectivity index is 2.14. The Bertz CT molecular complexity index is 588. The third-order valence-electron chi connectivity index (χ3n) is 4.14. The zero-order chi connectivity index (χ0) is 16.5. The van der Waals surface area contributed by atoms with E-state index in [2.05, 4.69) is 0 Å². The number of benzene rings is 1. The molecule has 1 unspecified atom stereocenters. The van der Waals surface area contributed by atoms with Gasteiger partial charge in [0.2, 0.25) is 11.8 Å². The lowest BCUT2D eigenvalue weighted by molar-refractivity contribution is -0.144. The van der Waals surface area contributed by atoms with E-state index in [4.69, 9.17) is 5.11 Å². The van der Waals surface area contributed by atoms with Gasteiger partial charge in [-0.15, -0.1) is 0 Å². The SMILES string of the molecule is CC(C(=O)O)c1ccc(CC(C)(C)N2C(=O)CCC2=O)cc1. The Morgan fingerprint density at radius 1 is 1.18 bits per heavy atom. The highest BCUT2D eigenvalue weighted by molar-refractivity contribution is 6.02. The van der Waals surface area contributed by atoms with Gasteiger partial charge >= 0.3 is 5.97 Å². The summed E-state index contributed by atoms with van der Waals surface area (Å²) >= 11 is 0. The first-order valence-electron chi connectivity index (χ1n) is 7.40. The van der Waals surface area contributed by atoms with E-state index in [0.29, 0.717) is 6.42 Å². The maximum absolute atomic E-state index is 11.9. The summed E-state index contributed by atoms with van der Waals surface area (Å²) in [4.78, 5) is 36.1. The first-order chi connectivity index (χ1) is 10.2. The van der Waals surface area contributed by atoms with Gasteiger partial charge in [0.1, 0.15) is 0 Å². The summed E-state index contributed by atoms with van der Waals surface area (Å²) in [6.45, 7) is 5.40. The van der Waals surface area contributed by atoms with Gasteiger partial charge in [-0.2, -0.15) is 0 Å². The van der Waals surface area contributed by atoms with Gasteiger partial charge in [-0.25, -0.2) is 0 Å². The van der Waals surface area contributed by atoms with Crippen molar-refractivity contribution in [2.75, 3.05) is 0 Å². The minimum atomic E-state index is -0.860. The largest absolute Gasteiger partial charge is 0.481 e. The Morgan fingerprint density at radius 3 is 2.14 bits per heavy atom. The fourth-order valence-corrected chi connectivity index (χ4v) is 2.90. The third-order valence-corrected chi connectivity index (χ3v) is 4.14. The second kappa shape index (κ2) is 5.91. The zero-order valence-electron chi connectivity index (χ0n) is 13.1. The van der Waals surface area contributed by atoms with Crippen molar-refractivity contribution < 1.29 is 19.5 Å². The maximum atomic E-state index is 11.9. The van der Waals surface area contributed by atoms with E-state index >= 15 is 0 Å². The van der Waals surface area contributed by atoms with Gasteiger partial charge in [-0.05, 0) is 38.3 Å². The first kappa shape index (κ1) is 16.2. The zero-order valence-corrected chi connectivity index (χ0v) is 13.1.